The Morgan fingerprint density at radius 3 is 2.23 bits per heavy atom. The first-order valence-electron chi connectivity index (χ1n) is 6.85. The maximum atomic E-state index is 12.1. The van der Waals surface area contributed by atoms with Crippen LogP contribution in [0.3, 0.4) is 0 Å². The van der Waals surface area contributed by atoms with Gasteiger partial charge < -0.3 is 10.4 Å². The molecule has 22 heavy (non-hydrogen) atoms. The fourth-order valence-corrected chi connectivity index (χ4v) is 1.75. The van der Waals surface area contributed by atoms with Crippen LogP contribution < -0.4 is 5.32 Å². The Balaban J connectivity index is 2.04. The molecule has 2 rings (SSSR count). The fraction of sp³-hybridized carbons (Fsp3) is 0.118. The highest BCUT2D eigenvalue weighted by Gasteiger charge is 2.12. The number of aliphatic hydroxyl groups excluding tert-OH is 1. The minimum Gasteiger partial charge on any atom is -0.510 e. The Morgan fingerprint density at radius 1 is 1.05 bits per heavy atom. The second-order valence-corrected chi connectivity index (χ2v) is 4.64. The number of rotatable bonds is 5. The molecule has 0 bridgehead atoms. The van der Waals surface area contributed by atoms with Crippen LogP contribution in [0.2, 0.25) is 0 Å². The lowest BCUT2D eigenvalue weighted by atomic mass is 10.2. The smallest absolute Gasteiger partial charge is 0.275 e. The van der Waals surface area contributed by atoms with Crippen molar-refractivity contribution in [2.45, 2.75) is 13.5 Å². The molecule has 0 radical (unpaired) electrons. The van der Waals surface area contributed by atoms with E-state index in [2.05, 4.69) is 15.5 Å². The Morgan fingerprint density at radius 2 is 1.64 bits per heavy atom. The molecule has 5 heteroatoms. The van der Waals surface area contributed by atoms with E-state index in [-0.39, 0.29) is 11.5 Å². The van der Waals surface area contributed by atoms with Crippen LogP contribution in [0.15, 0.2) is 82.3 Å². The van der Waals surface area contributed by atoms with Crippen LogP contribution in [-0.2, 0) is 11.3 Å². The minimum absolute atomic E-state index is 0.0974. The zero-order chi connectivity index (χ0) is 15.8. The van der Waals surface area contributed by atoms with Gasteiger partial charge in [0.05, 0.1) is 5.69 Å². The molecule has 0 spiro atoms. The zero-order valence-electron chi connectivity index (χ0n) is 12.2. The molecule has 0 atom stereocenters. The van der Waals surface area contributed by atoms with E-state index in [0.717, 1.165) is 5.56 Å². The maximum absolute atomic E-state index is 12.1. The molecule has 0 aliphatic rings. The molecule has 112 valence electrons. The molecule has 0 aliphatic heterocycles. The molecule has 0 fully saturated rings. The van der Waals surface area contributed by atoms with Gasteiger partial charge in [0.1, 0.15) is 5.76 Å². The van der Waals surface area contributed by atoms with E-state index in [0.29, 0.717) is 12.2 Å². The molecule has 0 unspecified atom stereocenters. The number of allylic oxidation sites excluding steroid dienone is 1. The van der Waals surface area contributed by atoms with Crippen molar-refractivity contribution < 1.29 is 9.90 Å². The van der Waals surface area contributed by atoms with Gasteiger partial charge in [0, 0.05) is 6.54 Å². The van der Waals surface area contributed by atoms with Gasteiger partial charge in [-0.15, -0.1) is 5.11 Å². The Bertz CT molecular complexity index is 676. The van der Waals surface area contributed by atoms with Crippen LogP contribution in [-0.4, -0.2) is 11.0 Å². The Labute approximate surface area is 129 Å². The topological polar surface area (TPSA) is 74.0 Å². The molecule has 0 aliphatic carbocycles. The number of nitrogens with zero attached hydrogens (tertiary/aromatic N) is 2. The van der Waals surface area contributed by atoms with E-state index in [9.17, 15) is 9.90 Å². The van der Waals surface area contributed by atoms with E-state index in [1.165, 1.54) is 6.92 Å². The third-order valence-corrected chi connectivity index (χ3v) is 2.88. The summed E-state index contributed by atoms with van der Waals surface area (Å²) >= 11 is 0. The summed E-state index contributed by atoms with van der Waals surface area (Å²) in [5.41, 5.74) is 1.47. The van der Waals surface area contributed by atoms with Crippen molar-refractivity contribution >= 4 is 11.6 Å². The second kappa shape index (κ2) is 7.73. The summed E-state index contributed by atoms with van der Waals surface area (Å²) in [5.74, 6) is -0.645. The molecule has 2 aromatic rings. The number of amides is 1. The number of carbonyl (C=O) groups is 1. The van der Waals surface area contributed by atoms with Crippen LogP contribution >= 0.6 is 0 Å². The van der Waals surface area contributed by atoms with E-state index in [4.69, 9.17) is 0 Å². The highest BCUT2D eigenvalue weighted by atomic mass is 16.3. The molecule has 0 saturated carbocycles. The van der Waals surface area contributed by atoms with Gasteiger partial charge in [-0.05, 0) is 24.6 Å². The third kappa shape index (κ3) is 4.56. The summed E-state index contributed by atoms with van der Waals surface area (Å²) in [5, 5.41) is 20.1. The van der Waals surface area contributed by atoms with Crippen molar-refractivity contribution in [1.82, 2.24) is 5.32 Å². The van der Waals surface area contributed by atoms with Gasteiger partial charge in [0.2, 0.25) is 0 Å². The van der Waals surface area contributed by atoms with Gasteiger partial charge in [0.25, 0.3) is 5.91 Å². The zero-order valence-corrected chi connectivity index (χ0v) is 12.2. The predicted molar refractivity (Wildman–Crippen MR) is 84.6 cm³/mol. The highest BCUT2D eigenvalue weighted by molar-refractivity contribution is 5.93. The van der Waals surface area contributed by atoms with Gasteiger partial charge in [-0.25, -0.2) is 0 Å². The van der Waals surface area contributed by atoms with E-state index < -0.39 is 5.91 Å². The SMILES string of the molecule is CC(O)=C(N=Nc1ccccc1)C(=O)NCc1ccccc1. The van der Waals surface area contributed by atoms with Gasteiger partial charge >= 0.3 is 0 Å². The van der Waals surface area contributed by atoms with E-state index >= 15 is 0 Å². The number of carbonyl (C=O) groups excluding carboxylic acids is 1. The van der Waals surface area contributed by atoms with Crippen LogP contribution in [0.4, 0.5) is 5.69 Å². The second-order valence-electron chi connectivity index (χ2n) is 4.64. The lowest BCUT2D eigenvalue weighted by molar-refractivity contribution is -0.117. The summed E-state index contributed by atoms with van der Waals surface area (Å²) in [7, 11) is 0. The molecule has 1 amide bonds. The molecular weight excluding hydrogens is 278 g/mol. The normalized spacial score (nSPS) is 12.0. The number of benzene rings is 2. The van der Waals surface area contributed by atoms with Crippen molar-refractivity contribution in [1.29, 1.82) is 0 Å². The van der Waals surface area contributed by atoms with Gasteiger partial charge in [-0.1, -0.05) is 48.5 Å². The quantitative estimate of drug-likeness (QED) is 0.499. The molecule has 5 nitrogen and oxygen atoms in total. The molecule has 2 N–H and O–H groups in total. The number of nitrogens with one attached hydrogen (secondary N) is 1. The van der Waals surface area contributed by atoms with Gasteiger partial charge in [0.15, 0.2) is 5.70 Å². The van der Waals surface area contributed by atoms with Crippen molar-refractivity contribution in [3.63, 3.8) is 0 Å². The van der Waals surface area contributed by atoms with Crippen LogP contribution in [0.5, 0.6) is 0 Å². The summed E-state index contributed by atoms with van der Waals surface area (Å²) in [4.78, 5) is 12.1. The number of hydrogen-bond donors (Lipinski definition) is 2. The standard InChI is InChI=1S/C17H17N3O2/c1-13(21)16(20-19-15-10-6-3-7-11-15)17(22)18-12-14-8-4-2-5-9-14/h2-11,21H,12H2,1H3,(H,18,22). The largest absolute Gasteiger partial charge is 0.510 e. The van der Waals surface area contributed by atoms with E-state index in [1.807, 2.05) is 48.5 Å². The molecule has 0 aromatic heterocycles. The summed E-state index contributed by atoms with van der Waals surface area (Å²) in [6, 6.07) is 18.5. The van der Waals surface area contributed by atoms with Crippen LogP contribution in [0.1, 0.15) is 12.5 Å². The first-order valence-corrected chi connectivity index (χ1v) is 6.85. The molecular formula is C17H17N3O2. The number of azo groups is 1. The maximum Gasteiger partial charge on any atom is 0.275 e. The van der Waals surface area contributed by atoms with Gasteiger partial charge in [-0.3, -0.25) is 4.79 Å². The van der Waals surface area contributed by atoms with Crippen LogP contribution in [0.25, 0.3) is 0 Å². The Hall–Kier alpha value is -2.95. The lowest BCUT2D eigenvalue weighted by Crippen LogP contribution is -2.24. The number of aliphatic hydroxyl groups is 1. The van der Waals surface area contributed by atoms with E-state index in [1.54, 1.807) is 12.1 Å². The first kappa shape index (κ1) is 15.4. The average molecular weight is 295 g/mol. The lowest BCUT2D eigenvalue weighted by Gasteiger charge is -2.05. The molecule has 2 aromatic carbocycles. The molecule has 0 saturated heterocycles. The van der Waals surface area contributed by atoms with Crippen molar-refractivity contribution in [2.75, 3.05) is 0 Å². The minimum atomic E-state index is -0.469. The monoisotopic (exact) mass is 295 g/mol. The first-order chi connectivity index (χ1) is 10.7. The predicted octanol–water partition coefficient (Wildman–Crippen LogP) is 3.88. The van der Waals surface area contributed by atoms with Crippen molar-refractivity contribution in [2.24, 2.45) is 10.2 Å². The highest BCUT2D eigenvalue weighted by Crippen LogP contribution is 2.14. The molecule has 0 heterocycles. The van der Waals surface area contributed by atoms with Crippen molar-refractivity contribution in [3.8, 4) is 0 Å². The van der Waals surface area contributed by atoms with Gasteiger partial charge in [-0.2, -0.15) is 5.11 Å². The fourth-order valence-electron chi connectivity index (χ4n) is 1.75. The summed E-state index contributed by atoms with van der Waals surface area (Å²) in [6.45, 7) is 1.76. The van der Waals surface area contributed by atoms with Crippen LogP contribution in [0, 0.1) is 0 Å². The summed E-state index contributed by atoms with van der Waals surface area (Å²) < 4.78 is 0. The summed E-state index contributed by atoms with van der Waals surface area (Å²) in [6.07, 6.45) is 0. The third-order valence-electron chi connectivity index (χ3n) is 2.88. The number of hydrogen-bond acceptors (Lipinski definition) is 4. The Kier molecular flexibility index (Phi) is 5.43. The average Bonchev–Trinajstić information content (AvgIpc) is 2.55. The van der Waals surface area contributed by atoms with Crippen molar-refractivity contribution in [3.05, 3.63) is 77.7 Å².